The van der Waals surface area contributed by atoms with E-state index in [1.165, 1.54) is 6.54 Å². The van der Waals surface area contributed by atoms with Crippen molar-refractivity contribution in [3.8, 4) is 0 Å². The number of nitrogens with one attached hydrogen (secondary N) is 1. The summed E-state index contributed by atoms with van der Waals surface area (Å²) < 4.78 is 0. The first-order valence-corrected chi connectivity index (χ1v) is 3.57. The third-order valence-corrected chi connectivity index (χ3v) is 2.65. The second kappa shape index (κ2) is 2.14. The fourth-order valence-electron chi connectivity index (χ4n) is 0.778. The molecule has 0 spiro atoms. The molecule has 1 N–H and O–H groups in total. The monoisotopic (exact) mass is 163 g/mol. The molecule has 1 aliphatic rings. The zero-order chi connectivity index (χ0) is 5.28. The molecule has 1 nitrogen and oxygen atoms in total. The van der Waals surface area contributed by atoms with Crippen LogP contribution in [0.5, 0.6) is 0 Å². The van der Waals surface area contributed by atoms with Crippen LogP contribution in [-0.4, -0.2) is 17.9 Å². The second-order valence-electron chi connectivity index (χ2n) is 2.15. The molecule has 1 saturated heterocycles. The molecule has 1 aliphatic heterocycles. The van der Waals surface area contributed by atoms with Gasteiger partial charge in [-0.05, 0) is 12.5 Å². The molecule has 2 heteroatoms. The topological polar surface area (TPSA) is 12.0 Å². The van der Waals surface area contributed by atoms with E-state index < -0.39 is 0 Å². The van der Waals surface area contributed by atoms with Crippen LogP contribution in [0.2, 0.25) is 0 Å². The molecule has 42 valence electrons. The lowest BCUT2D eigenvalue weighted by Gasteiger charge is -2.01. The van der Waals surface area contributed by atoms with Crippen LogP contribution in [0.4, 0.5) is 0 Å². The van der Waals surface area contributed by atoms with Crippen LogP contribution in [0.25, 0.3) is 0 Å². The maximum Gasteiger partial charge on any atom is 0.0308 e. The SMILES string of the molecule is C[C@@H]1CNC[C@@H]1Br. The smallest absolute Gasteiger partial charge is 0.0308 e. The molecule has 0 radical (unpaired) electrons. The van der Waals surface area contributed by atoms with Crippen LogP contribution < -0.4 is 5.32 Å². The van der Waals surface area contributed by atoms with Crippen LogP contribution in [0.15, 0.2) is 0 Å². The maximum absolute atomic E-state index is 3.54. The van der Waals surface area contributed by atoms with Gasteiger partial charge in [-0.3, -0.25) is 0 Å². The van der Waals surface area contributed by atoms with E-state index in [0.29, 0.717) is 4.83 Å². The van der Waals surface area contributed by atoms with Crippen molar-refractivity contribution in [3.63, 3.8) is 0 Å². The minimum Gasteiger partial charge on any atom is -0.315 e. The molecule has 1 heterocycles. The average Bonchev–Trinajstić information content (AvgIpc) is 1.91. The first-order valence-electron chi connectivity index (χ1n) is 2.65. The molecule has 7 heavy (non-hydrogen) atoms. The first kappa shape index (κ1) is 5.57. The third-order valence-electron chi connectivity index (χ3n) is 1.42. The van der Waals surface area contributed by atoms with Gasteiger partial charge in [0.25, 0.3) is 0 Å². The van der Waals surface area contributed by atoms with Gasteiger partial charge in [0.05, 0.1) is 0 Å². The van der Waals surface area contributed by atoms with Gasteiger partial charge >= 0.3 is 0 Å². The van der Waals surface area contributed by atoms with E-state index in [1.54, 1.807) is 0 Å². The molecule has 0 saturated carbocycles. The van der Waals surface area contributed by atoms with Gasteiger partial charge in [0, 0.05) is 11.4 Å². The van der Waals surface area contributed by atoms with Crippen molar-refractivity contribution >= 4 is 15.9 Å². The summed E-state index contributed by atoms with van der Waals surface area (Å²) in [5.74, 6) is 0.819. The summed E-state index contributed by atoms with van der Waals surface area (Å²) in [6.07, 6.45) is 0. The van der Waals surface area contributed by atoms with E-state index in [-0.39, 0.29) is 0 Å². The summed E-state index contributed by atoms with van der Waals surface area (Å²) in [5.41, 5.74) is 0. The highest BCUT2D eigenvalue weighted by molar-refractivity contribution is 9.09. The Hall–Kier alpha value is 0.440. The number of halogens is 1. The Labute approximate surface area is 52.6 Å². The van der Waals surface area contributed by atoms with E-state index in [4.69, 9.17) is 0 Å². The zero-order valence-corrected chi connectivity index (χ0v) is 6.03. The van der Waals surface area contributed by atoms with Crippen molar-refractivity contribution in [3.05, 3.63) is 0 Å². The fraction of sp³-hybridized carbons (Fsp3) is 1.00. The Morgan fingerprint density at radius 3 is 2.43 bits per heavy atom. The molecule has 0 unspecified atom stereocenters. The number of hydrogen-bond donors (Lipinski definition) is 1. The Balaban J connectivity index is 2.33. The normalized spacial score (nSPS) is 42.0. The third kappa shape index (κ3) is 1.16. The predicted octanol–water partition coefficient (Wildman–Crippen LogP) is 0.989. The average molecular weight is 164 g/mol. The molecular formula is C5H10BrN. The minimum atomic E-state index is 0.715. The highest BCUT2D eigenvalue weighted by atomic mass is 79.9. The van der Waals surface area contributed by atoms with Gasteiger partial charge in [-0.1, -0.05) is 22.9 Å². The molecule has 0 aliphatic carbocycles. The second-order valence-corrected chi connectivity index (χ2v) is 3.33. The lowest BCUT2D eigenvalue weighted by atomic mass is 10.2. The molecule has 1 rings (SSSR count). The Morgan fingerprint density at radius 1 is 1.57 bits per heavy atom. The molecule has 2 atom stereocenters. The molecule has 0 amide bonds. The van der Waals surface area contributed by atoms with E-state index in [1.807, 2.05) is 0 Å². The van der Waals surface area contributed by atoms with Gasteiger partial charge < -0.3 is 5.32 Å². The fourth-order valence-corrected chi connectivity index (χ4v) is 1.19. The standard InChI is InChI=1S/C5H10BrN/c1-4-2-7-3-5(4)6/h4-5,7H,2-3H2,1H3/t4-,5+/m1/s1. The van der Waals surface area contributed by atoms with Crippen molar-refractivity contribution in [2.45, 2.75) is 11.8 Å². The number of alkyl halides is 1. The Bertz CT molecular complexity index is 57.1. The quantitative estimate of drug-likeness (QED) is 0.526. The van der Waals surface area contributed by atoms with Gasteiger partial charge in [0.1, 0.15) is 0 Å². The zero-order valence-electron chi connectivity index (χ0n) is 4.45. The van der Waals surface area contributed by atoms with E-state index in [0.717, 1.165) is 12.5 Å². The highest BCUT2D eigenvalue weighted by Crippen LogP contribution is 2.15. The Morgan fingerprint density at radius 2 is 2.29 bits per heavy atom. The van der Waals surface area contributed by atoms with Gasteiger partial charge in [-0.25, -0.2) is 0 Å². The molecule has 0 aromatic rings. The van der Waals surface area contributed by atoms with E-state index >= 15 is 0 Å². The van der Waals surface area contributed by atoms with Crippen molar-refractivity contribution in [2.24, 2.45) is 5.92 Å². The highest BCUT2D eigenvalue weighted by Gasteiger charge is 2.18. The molecular weight excluding hydrogens is 154 g/mol. The lowest BCUT2D eigenvalue weighted by Crippen LogP contribution is -2.07. The van der Waals surface area contributed by atoms with Gasteiger partial charge in [-0.2, -0.15) is 0 Å². The summed E-state index contributed by atoms with van der Waals surface area (Å²) in [5, 5.41) is 3.27. The lowest BCUT2D eigenvalue weighted by molar-refractivity contribution is 0.668. The van der Waals surface area contributed by atoms with Crippen LogP contribution in [0, 0.1) is 5.92 Å². The summed E-state index contributed by atoms with van der Waals surface area (Å²) in [6.45, 7) is 4.57. The number of rotatable bonds is 0. The Kier molecular flexibility index (Phi) is 1.70. The van der Waals surface area contributed by atoms with Crippen molar-refractivity contribution in [2.75, 3.05) is 13.1 Å². The van der Waals surface area contributed by atoms with Crippen LogP contribution >= 0.6 is 15.9 Å². The molecule has 0 aromatic carbocycles. The maximum atomic E-state index is 3.54. The largest absolute Gasteiger partial charge is 0.315 e. The summed E-state index contributed by atoms with van der Waals surface area (Å²) in [7, 11) is 0. The van der Waals surface area contributed by atoms with Crippen molar-refractivity contribution in [1.29, 1.82) is 0 Å². The van der Waals surface area contributed by atoms with E-state index in [9.17, 15) is 0 Å². The van der Waals surface area contributed by atoms with E-state index in [2.05, 4.69) is 28.2 Å². The number of hydrogen-bond acceptors (Lipinski definition) is 1. The van der Waals surface area contributed by atoms with Crippen molar-refractivity contribution < 1.29 is 0 Å². The molecule has 0 bridgehead atoms. The van der Waals surface area contributed by atoms with Gasteiger partial charge in [0.2, 0.25) is 0 Å². The van der Waals surface area contributed by atoms with Crippen LogP contribution in [0.1, 0.15) is 6.92 Å². The minimum absolute atomic E-state index is 0.715. The molecule has 0 aromatic heterocycles. The van der Waals surface area contributed by atoms with Crippen molar-refractivity contribution in [1.82, 2.24) is 5.32 Å². The van der Waals surface area contributed by atoms with Crippen LogP contribution in [0.3, 0.4) is 0 Å². The summed E-state index contributed by atoms with van der Waals surface area (Å²) in [4.78, 5) is 0.715. The van der Waals surface area contributed by atoms with Gasteiger partial charge in [0.15, 0.2) is 0 Å². The van der Waals surface area contributed by atoms with Gasteiger partial charge in [-0.15, -0.1) is 0 Å². The first-order chi connectivity index (χ1) is 3.30. The molecule has 1 fully saturated rings. The summed E-state index contributed by atoms with van der Waals surface area (Å²) >= 11 is 3.54. The van der Waals surface area contributed by atoms with Crippen LogP contribution in [-0.2, 0) is 0 Å². The summed E-state index contributed by atoms with van der Waals surface area (Å²) in [6, 6.07) is 0. The predicted molar refractivity (Wildman–Crippen MR) is 34.7 cm³/mol.